The van der Waals surface area contributed by atoms with Gasteiger partial charge in [-0.15, -0.1) is 0 Å². The Hall–Kier alpha value is -1.39. The fourth-order valence-electron chi connectivity index (χ4n) is 2.19. The van der Waals surface area contributed by atoms with E-state index in [4.69, 9.17) is 4.74 Å². The van der Waals surface area contributed by atoms with Gasteiger partial charge in [0, 0.05) is 22.1 Å². The summed E-state index contributed by atoms with van der Waals surface area (Å²) in [6.45, 7) is 5.35. The Balaban J connectivity index is 2.16. The van der Waals surface area contributed by atoms with E-state index in [1.165, 1.54) is 12.1 Å². The minimum Gasteiger partial charge on any atom is -0.488 e. The highest BCUT2D eigenvalue weighted by atomic mass is 79.9. The number of rotatable bonds is 6. The molecule has 2 aromatic rings. The van der Waals surface area contributed by atoms with Crippen molar-refractivity contribution in [1.29, 1.82) is 0 Å². The molecule has 1 unspecified atom stereocenters. The van der Waals surface area contributed by atoms with Crippen molar-refractivity contribution in [2.24, 2.45) is 0 Å². The molecule has 0 saturated carbocycles. The fraction of sp³-hybridized carbons (Fsp3) is 0.294. The van der Waals surface area contributed by atoms with Crippen molar-refractivity contribution in [2.45, 2.75) is 26.5 Å². The third-order valence-electron chi connectivity index (χ3n) is 3.24. The molecule has 1 atom stereocenters. The van der Waals surface area contributed by atoms with E-state index in [1.54, 1.807) is 6.07 Å². The quantitative estimate of drug-likeness (QED) is 0.803. The van der Waals surface area contributed by atoms with Crippen LogP contribution in [0.25, 0.3) is 0 Å². The number of benzene rings is 2. The lowest BCUT2D eigenvalue weighted by atomic mass is 10.1. The zero-order valence-corrected chi connectivity index (χ0v) is 13.8. The van der Waals surface area contributed by atoms with E-state index in [2.05, 4.69) is 21.2 Å². The number of nitrogens with one attached hydrogen (secondary N) is 1. The summed E-state index contributed by atoms with van der Waals surface area (Å²) >= 11 is 3.43. The summed E-state index contributed by atoms with van der Waals surface area (Å²) in [6, 6.07) is 12.7. The average Bonchev–Trinajstić information content (AvgIpc) is 2.45. The summed E-state index contributed by atoms with van der Waals surface area (Å²) in [7, 11) is 0. The van der Waals surface area contributed by atoms with Gasteiger partial charge in [0.05, 0.1) is 0 Å². The second-order valence-electron chi connectivity index (χ2n) is 4.88. The SMILES string of the molecule is CCNC(C)c1ccc(F)cc1OCc1cccc(Br)c1. The molecule has 2 aromatic carbocycles. The van der Waals surface area contributed by atoms with Crippen LogP contribution in [0.3, 0.4) is 0 Å². The number of hydrogen-bond donors (Lipinski definition) is 1. The molecule has 0 aromatic heterocycles. The van der Waals surface area contributed by atoms with Crippen LogP contribution in [0.4, 0.5) is 4.39 Å². The third kappa shape index (κ3) is 4.55. The monoisotopic (exact) mass is 351 g/mol. The molecule has 0 aliphatic heterocycles. The first-order chi connectivity index (χ1) is 10.1. The molecule has 4 heteroatoms. The lowest BCUT2D eigenvalue weighted by molar-refractivity contribution is 0.298. The lowest BCUT2D eigenvalue weighted by Crippen LogP contribution is -2.18. The zero-order chi connectivity index (χ0) is 15.2. The van der Waals surface area contributed by atoms with Crippen LogP contribution in [0.15, 0.2) is 46.9 Å². The Bertz CT molecular complexity index is 603. The van der Waals surface area contributed by atoms with Crippen LogP contribution in [-0.2, 0) is 6.61 Å². The van der Waals surface area contributed by atoms with Crippen LogP contribution >= 0.6 is 15.9 Å². The van der Waals surface area contributed by atoms with Gasteiger partial charge in [-0.1, -0.05) is 41.1 Å². The molecule has 0 amide bonds. The van der Waals surface area contributed by atoms with Gasteiger partial charge >= 0.3 is 0 Å². The molecular formula is C17H19BrFNO. The van der Waals surface area contributed by atoms with Crippen LogP contribution in [0.5, 0.6) is 5.75 Å². The van der Waals surface area contributed by atoms with Gasteiger partial charge < -0.3 is 10.1 Å². The summed E-state index contributed by atoms with van der Waals surface area (Å²) in [6.07, 6.45) is 0. The van der Waals surface area contributed by atoms with Crippen LogP contribution in [0.1, 0.15) is 31.0 Å². The summed E-state index contributed by atoms with van der Waals surface area (Å²) in [5.41, 5.74) is 2.00. The Morgan fingerprint density at radius 1 is 1.24 bits per heavy atom. The minimum atomic E-state index is -0.285. The van der Waals surface area contributed by atoms with Crippen molar-refractivity contribution in [3.05, 3.63) is 63.9 Å². The Morgan fingerprint density at radius 3 is 2.76 bits per heavy atom. The number of hydrogen-bond acceptors (Lipinski definition) is 2. The standard InChI is InChI=1S/C17H19BrFNO/c1-3-20-12(2)16-8-7-15(19)10-17(16)21-11-13-5-4-6-14(18)9-13/h4-10,12,20H,3,11H2,1-2H3. The van der Waals surface area contributed by atoms with Crippen molar-refractivity contribution in [3.8, 4) is 5.75 Å². The van der Waals surface area contributed by atoms with Gasteiger partial charge in [0.15, 0.2) is 0 Å². The largest absolute Gasteiger partial charge is 0.488 e. The first kappa shape index (κ1) is 16.0. The number of halogens is 2. The number of ether oxygens (including phenoxy) is 1. The first-order valence-electron chi connectivity index (χ1n) is 7.00. The summed E-state index contributed by atoms with van der Waals surface area (Å²) in [4.78, 5) is 0. The van der Waals surface area contributed by atoms with E-state index in [1.807, 2.05) is 38.1 Å². The Kier molecular flexibility index (Phi) is 5.76. The van der Waals surface area contributed by atoms with Crippen LogP contribution in [-0.4, -0.2) is 6.54 Å². The molecule has 0 fully saturated rings. The van der Waals surface area contributed by atoms with Gasteiger partial charge in [-0.3, -0.25) is 0 Å². The molecule has 2 rings (SSSR count). The predicted octanol–water partition coefficient (Wildman–Crippen LogP) is 4.84. The van der Waals surface area contributed by atoms with Gasteiger partial charge in [0.25, 0.3) is 0 Å². The molecule has 0 saturated heterocycles. The van der Waals surface area contributed by atoms with Crippen molar-refractivity contribution < 1.29 is 9.13 Å². The highest BCUT2D eigenvalue weighted by Gasteiger charge is 2.12. The van der Waals surface area contributed by atoms with Crippen molar-refractivity contribution in [1.82, 2.24) is 5.32 Å². The van der Waals surface area contributed by atoms with E-state index < -0.39 is 0 Å². The van der Waals surface area contributed by atoms with E-state index in [9.17, 15) is 4.39 Å². The van der Waals surface area contributed by atoms with E-state index >= 15 is 0 Å². The van der Waals surface area contributed by atoms with Crippen LogP contribution in [0.2, 0.25) is 0 Å². The highest BCUT2D eigenvalue weighted by Crippen LogP contribution is 2.27. The molecule has 0 heterocycles. The van der Waals surface area contributed by atoms with E-state index in [-0.39, 0.29) is 11.9 Å². The Morgan fingerprint density at radius 2 is 2.05 bits per heavy atom. The van der Waals surface area contributed by atoms with Gasteiger partial charge in [-0.2, -0.15) is 0 Å². The second kappa shape index (κ2) is 7.57. The third-order valence-corrected chi connectivity index (χ3v) is 3.73. The molecule has 0 radical (unpaired) electrons. The molecule has 0 spiro atoms. The maximum atomic E-state index is 13.5. The maximum absolute atomic E-state index is 13.5. The first-order valence-corrected chi connectivity index (χ1v) is 7.79. The van der Waals surface area contributed by atoms with Gasteiger partial charge in [-0.05, 0) is 37.2 Å². The van der Waals surface area contributed by atoms with Crippen molar-refractivity contribution in [3.63, 3.8) is 0 Å². The molecule has 0 bridgehead atoms. The maximum Gasteiger partial charge on any atom is 0.127 e. The molecule has 0 aliphatic rings. The summed E-state index contributed by atoms with van der Waals surface area (Å²) in [5, 5.41) is 3.32. The molecule has 0 aliphatic carbocycles. The predicted molar refractivity (Wildman–Crippen MR) is 87.0 cm³/mol. The normalized spacial score (nSPS) is 12.2. The highest BCUT2D eigenvalue weighted by molar-refractivity contribution is 9.10. The minimum absolute atomic E-state index is 0.119. The summed E-state index contributed by atoms with van der Waals surface area (Å²) in [5.74, 6) is 0.301. The van der Waals surface area contributed by atoms with Crippen LogP contribution in [0, 0.1) is 5.82 Å². The average molecular weight is 352 g/mol. The van der Waals surface area contributed by atoms with Crippen LogP contribution < -0.4 is 10.1 Å². The second-order valence-corrected chi connectivity index (χ2v) is 5.80. The fourth-order valence-corrected chi connectivity index (χ4v) is 2.64. The topological polar surface area (TPSA) is 21.3 Å². The summed E-state index contributed by atoms with van der Waals surface area (Å²) < 4.78 is 20.3. The molecule has 1 N–H and O–H groups in total. The van der Waals surface area contributed by atoms with Gasteiger partial charge in [0.1, 0.15) is 18.2 Å². The van der Waals surface area contributed by atoms with Gasteiger partial charge in [0.2, 0.25) is 0 Å². The molecular weight excluding hydrogens is 333 g/mol. The molecule has 21 heavy (non-hydrogen) atoms. The van der Waals surface area contributed by atoms with Gasteiger partial charge in [-0.25, -0.2) is 4.39 Å². The Labute approximate surface area is 133 Å². The van der Waals surface area contributed by atoms with E-state index in [0.29, 0.717) is 12.4 Å². The lowest BCUT2D eigenvalue weighted by Gasteiger charge is -2.18. The smallest absolute Gasteiger partial charge is 0.127 e. The molecule has 112 valence electrons. The molecule has 2 nitrogen and oxygen atoms in total. The zero-order valence-electron chi connectivity index (χ0n) is 12.2. The van der Waals surface area contributed by atoms with Crippen molar-refractivity contribution in [2.75, 3.05) is 6.54 Å². The van der Waals surface area contributed by atoms with Crippen molar-refractivity contribution >= 4 is 15.9 Å². The van der Waals surface area contributed by atoms with E-state index in [0.717, 1.165) is 22.1 Å².